The third-order valence-electron chi connectivity index (χ3n) is 11.6. The highest BCUT2D eigenvalue weighted by Gasteiger charge is 2.59. The maximum Gasteiger partial charge on any atom is 0.201 e. The van der Waals surface area contributed by atoms with Gasteiger partial charge in [-0.05, 0) is 64.1 Å². The molecule has 0 unspecified atom stereocenters. The summed E-state index contributed by atoms with van der Waals surface area (Å²) >= 11 is 0. The fraction of sp³-hybridized carbons (Fsp3) is 0.429. The van der Waals surface area contributed by atoms with E-state index in [0.29, 0.717) is 16.9 Å². The van der Waals surface area contributed by atoms with Gasteiger partial charge in [0.2, 0.25) is 11.6 Å². The van der Waals surface area contributed by atoms with E-state index in [9.17, 15) is 27.8 Å². The van der Waals surface area contributed by atoms with Crippen LogP contribution in [0.15, 0.2) is 61.4 Å². The van der Waals surface area contributed by atoms with E-state index in [-0.39, 0.29) is 38.1 Å². The summed E-state index contributed by atoms with van der Waals surface area (Å²) in [6.45, 7) is 6.82. The number of nitrogens with zero attached hydrogens (tertiary/aromatic N) is 6. The van der Waals surface area contributed by atoms with Crippen LogP contribution >= 0.6 is 0 Å². The number of rotatable bonds is 4. The molecule has 3 fully saturated rings. The molecule has 10 atom stereocenters. The van der Waals surface area contributed by atoms with Crippen LogP contribution < -0.4 is 9.47 Å². The van der Waals surface area contributed by atoms with Crippen LogP contribution in [0.1, 0.15) is 68.5 Å². The van der Waals surface area contributed by atoms with Crippen molar-refractivity contribution in [2.75, 3.05) is 13.6 Å². The van der Waals surface area contributed by atoms with E-state index in [4.69, 9.17) is 37.9 Å². The van der Waals surface area contributed by atoms with E-state index >= 15 is 0 Å². The number of halogens is 4. The lowest BCUT2D eigenvalue weighted by atomic mass is 9.97. The van der Waals surface area contributed by atoms with Gasteiger partial charge in [0, 0.05) is 34.3 Å². The Bertz CT molecular complexity index is 2670. The average molecular weight is 867 g/mol. The molecule has 5 aliphatic rings. The zero-order valence-electron chi connectivity index (χ0n) is 32.8. The maximum atomic E-state index is 14.4. The minimum Gasteiger partial charge on any atom is -0.464 e. The van der Waals surface area contributed by atoms with Gasteiger partial charge in [0.15, 0.2) is 55.0 Å². The maximum absolute atomic E-state index is 14.4. The Morgan fingerprint density at radius 2 is 1.10 bits per heavy atom. The normalized spacial score (nSPS) is 29.5. The summed E-state index contributed by atoms with van der Waals surface area (Å²) in [6.07, 6.45) is -2.08. The van der Waals surface area contributed by atoms with Gasteiger partial charge in [0.1, 0.15) is 72.8 Å². The van der Waals surface area contributed by atoms with Crippen molar-refractivity contribution >= 4 is 22.1 Å². The van der Waals surface area contributed by atoms with Crippen LogP contribution in [0.2, 0.25) is 0 Å². The van der Waals surface area contributed by atoms with Gasteiger partial charge in [-0.25, -0.2) is 28.7 Å². The first-order valence-corrected chi connectivity index (χ1v) is 19.3. The highest BCUT2D eigenvalue weighted by atomic mass is 19.2. The number of fused-ring (bicyclic) bond motifs is 5. The highest BCUT2D eigenvalue weighted by molar-refractivity contribution is 5.79. The predicted molar refractivity (Wildman–Crippen MR) is 206 cm³/mol. The van der Waals surface area contributed by atoms with Gasteiger partial charge in [-0.2, -0.15) is 8.78 Å². The van der Waals surface area contributed by atoms with Gasteiger partial charge in [-0.15, -0.1) is 0 Å². The predicted octanol–water partition coefficient (Wildman–Crippen LogP) is 5.92. The molecule has 16 nitrogen and oxygen atoms in total. The average Bonchev–Trinajstić information content (AvgIpc) is 4.07. The summed E-state index contributed by atoms with van der Waals surface area (Å²) in [7, 11) is 0. The highest BCUT2D eigenvalue weighted by Crippen LogP contribution is 2.50. The van der Waals surface area contributed by atoms with E-state index in [0.717, 1.165) is 34.3 Å². The quantitative estimate of drug-likeness (QED) is 0.200. The first kappa shape index (κ1) is 42.0. The SMILES string of the molecule is C.Cc1ncnc2c1ccn2[C@@H]1O[C@H]([C@@H]2OCOc3c2ccc(F)c3F)[C@@H](O)[C@H]1O.Cc1ncnc2c1ccn2[C@@H]1O[C@H]([C@@H]2OCOc3c2ccc(F)c3F)[C@H]2OC(C)(C)O[C@H]21. The van der Waals surface area contributed by atoms with E-state index in [1.54, 1.807) is 16.8 Å². The van der Waals surface area contributed by atoms with Crippen molar-refractivity contribution in [3.8, 4) is 11.5 Å². The van der Waals surface area contributed by atoms with Crippen LogP contribution in [0.3, 0.4) is 0 Å². The number of hydrogen-bond acceptors (Lipinski definition) is 14. The number of aliphatic hydroxyl groups excluding tert-OH is 2. The smallest absolute Gasteiger partial charge is 0.201 e. The zero-order valence-corrected chi connectivity index (χ0v) is 32.8. The second kappa shape index (κ2) is 15.8. The molecule has 6 aromatic rings. The Balaban J connectivity index is 0.000000156. The molecule has 3 saturated heterocycles. The largest absolute Gasteiger partial charge is 0.464 e. The van der Waals surface area contributed by atoms with Gasteiger partial charge in [0.25, 0.3) is 0 Å². The molecule has 4 aromatic heterocycles. The monoisotopic (exact) mass is 866 g/mol. The van der Waals surface area contributed by atoms with Gasteiger partial charge in [-0.1, -0.05) is 7.43 Å². The summed E-state index contributed by atoms with van der Waals surface area (Å²) < 4.78 is 106. The van der Waals surface area contributed by atoms with Crippen molar-refractivity contribution in [3.05, 3.63) is 107 Å². The van der Waals surface area contributed by atoms with Crippen molar-refractivity contribution < 1.29 is 65.7 Å². The molecule has 9 heterocycles. The van der Waals surface area contributed by atoms with Gasteiger partial charge in [0.05, 0.1) is 11.4 Å². The van der Waals surface area contributed by atoms with E-state index in [2.05, 4.69) is 19.9 Å². The number of aromatic nitrogens is 6. The first-order valence-electron chi connectivity index (χ1n) is 19.3. The Labute approximate surface area is 350 Å². The Hall–Kier alpha value is -5.32. The molecule has 0 radical (unpaired) electrons. The van der Waals surface area contributed by atoms with Gasteiger partial charge in [-0.3, -0.25) is 0 Å². The first-order chi connectivity index (χ1) is 29.3. The molecule has 328 valence electrons. The molecule has 62 heavy (non-hydrogen) atoms. The number of aliphatic hydroxyl groups is 2. The second-order valence-electron chi connectivity index (χ2n) is 15.6. The van der Waals surface area contributed by atoms with E-state index in [1.807, 2.05) is 44.5 Å². The van der Waals surface area contributed by atoms with E-state index < -0.39 is 90.3 Å². The fourth-order valence-corrected chi connectivity index (χ4v) is 8.74. The van der Waals surface area contributed by atoms with Crippen LogP contribution in [-0.4, -0.2) is 95.3 Å². The topological polar surface area (TPSA) is 176 Å². The summed E-state index contributed by atoms with van der Waals surface area (Å²) in [5, 5.41) is 23.0. The van der Waals surface area contributed by atoms with Gasteiger partial charge < -0.3 is 57.2 Å². The lowest BCUT2D eigenvalue weighted by Gasteiger charge is -2.33. The lowest BCUT2D eigenvalue weighted by Crippen LogP contribution is -2.37. The third-order valence-corrected chi connectivity index (χ3v) is 11.6. The van der Waals surface area contributed by atoms with Crippen molar-refractivity contribution in [1.29, 1.82) is 0 Å². The minimum atomic E-state index is -1.34. The van der Waals surface area contributed by atoms with Crippen LogP contribution in [-0.2, 0) is 28.4 Å². The van der Waals surface area contributed by atoms with Crippen molar-refractivity contribution in [2.24, 2.45) is 0 Å². The van der Waals surface area contributed by atoms with Gasteiger partial charge >= 0.3 is 0 Å². The van der Waals surface area contributed by atoms with E-state index in [1.165, 1.54) is 24.8 Å². The summed E-state index contributed by atoms with van der Waals surface area (Å²) in [5.74, 6) is -5.53. The molecular formula is C42H42F4N6O10. The number of ether oxygens (including phenoxy) is 8. The standard InChI is InChI=1S/C22H21F2N3O5.C19H17F2N3O5.CH4/c1-10-11-6-7-27(20(11)26-8-25-10)21-19-18(31-22(2,3)32-19)17(30-21)16-12-4-5-13(23)14(24)15(12)28-9-29-16;1-8-9-4-5-24(18(9)23-6-22-8)19-14(26)13(25)17(29-19)16-10-2-3-11(20)12(21)15(10)27-7-28-16;/h4-8,16-19,21H,9H2,1-3H3;2-6,13-14,16-17,19,25-26H,7H2,1H3;1H4/t16-,17-,18-,19-,21-;13-,14+,16+,17-,19+;/m10./s1. The van der Waals surface area contributed by atoms with Crippen LogP contribution in [0.25, 0.3) is 22.1 Å². The Kier molecular flexibility index (Phi) is 10.7. The molecule has 0 saturated carbocycles. The Morgan fingerprint density at radius 3 is 1.65 bits per heavy atom. The second-order valence-corrected chi connectivity index (χ2v) is 15.6. The molecule has 0 spiro atoms. The molecule has 5 aliphatic heterocycles. The van der Waals surface area contributed by atoms with Crippen molar-refractivity contribution in [2.45, 2.75) is 102 Å². The third kappa shape index (κ3) is 6.76. The van der Waals surface area contributed by atoms with Crippen LogP contribution in [0.5, 0.6) is 11.5 Å². The summed E-state index contributed by atoms with van der Waals surface area (Å²) in [6, 6.07) is 8.49. The van der Waals surface area contributed by atoms with Crippen molar-refractivity contribution in [1.82, 2.24) is 29.1 Å². The molecule has 0 aliphatic carbocycles. The number of hydrogen-bond donors (Lipinski definition) is 2. The minimum absolute atomic E-state index is 0. The molecule has 2 aromatic carbocycles. The molecule has 20 heteroatoms. The fourth-order valence-electron chi connectivity index (χ4n) is 8.74. The lowest BCUT2D eigenvalue weighted by molar-refractivity contribution is -0.218. The van der Waals surface area contributed by atoms with Crippen molar-refractivity contribution in [3.63, 3.8) is 0 Å². The molecule has 0 bridgehead atoms. The molecular weight excluding hydrogens is 824 g/mol. The molecule has 11 rings (SSSR count). The summed E-state index contributed by atoms with van der Waals surface area (Å²) in [4.78, 5) is 17.0. The number of benzene rings is 2. The number of aryl methyl sites for hydroxylation is 2. The molecule has 0 amide bonds. The molecule has 2 N–H and O–H groups in total. The summed E-state index contributed by atoms with van der Waals surface area (Å²) in [5.41, 5.74) is 3.42. The van der Waals surface area contributed by atoms with Crippen LogP contribution in [0.4, 0.5) is 17.6 Å². The van der Waals surface area contributed by atoms with Crippen LogP contribution in [0, 0.1) is 37.1 Å². The zero-order chi connectivity index (χ0) is 42.5. The Morgan fingerprint density at radius 1 is 0.613 bits per heavy atom.